The Kier molecular flexibility index (Phi) is 3.09. The Hall–Kier alpha value is -0.530. The molecule has 0 aromatic heterocycles. The van der Waals surface area contributed by atoms with Crippen molar-refractivity contribution < 1.29 is 0 Å². The second-order valence-corrected chi connectivity index (χ2v) is 4.46. The molecule has 0 bridgehead atoms. The molecule has 2 heteroatoms. The van der Waals surface area contributed by atoms with Gasteiger partial charge in [-0.2, -0.15) is 0 Å². The number of aryl methyl sites for hydroxylation is 1. The molecule has 2 rings (SSSR count). The monoisotopic (exact) mass is 209 g/mol. The second-order valence-electron chi connectivity index (χ2n) is 4.05. The second kappa shape index (κ2) is 4.33. The lowest BCUT2D eigenvalue weighted by Crippen LogP contribution is -2.28. The molecule has 0 amide bonds. The number of benzene rings is 1. The summed E-state index contributed by atoms with van der Waals surface area (Å²) >= 11 is 6.11. The fourth-order valence-electron chi connectivity index (χ4n) is 2.00. The van der Waals surface area contributed by atoms with Gasteiger partial charge in [0.1, 0.15) is 0 Å². The van der Waals surface area contributed by atoms with Crippen LogP contribution in [0.3, 0.4) is 0 Å². The van der Waals surface area contributed by atoms with Crippen LogP contribution in [0.15, 0.2) is 18.2 Å². The molecule has 1 nitrogen and oxygen atoms in total. The van der Waals surface area contributed by atoms with Gasteiger partial charge in [0, 0.05) is 11.6 Å². The molecule has 14 heavy (non-hydrogen) atoms. The molecule has 1 N–H and O–H groups in total. The Bertz CT molecular complexity index is 316. The van der Waals surface area contributed by atoms with Gasteiger partial charge in [-0.25, -0.2) is 0 Å². The first-order chi connectivity index (χ1) is 6.77. The quantitative estimate of drug-likeness (QED) is 0.750. The fraction of sp³-hybridized carbons (Fsp3) is 0.500. The lowest BCUT2D eigenvalue weighted by Gasteiger charge is -2.23. The molecular formula is C12H16ClN. The van der Waals surface area contributed by atoms with E-state index in [2.05, 4.69) is 23.5 Å². The lowest BCUT2D eigenvalue weighted by molar-refractivity contribution is 0.461. The summed E-state index contributed by atoms with van der Waals surface area (Å²) in [6, 6.07) is 6.44. The van der Waals surface area contributed by atoms with Crippen molar-refractivity contribution in [1.82, 2.24) is 5.32 Å². The zero-order chi connectivity index (χ0) is 9.97. The molecular weight excluding hydrogens is 194 g/mol. The smallest absolute Gasteiger partial charge is 0.0438 e. The average molecular weight is 210 g/mol. The molecule has 76 valence electrons. The number of halogens is 1. The fourth-order valence-corrected chi connectivity index (χ4v) is 2.19. The van der Waals surface area contributed by atoms with Crippen LogP contribution in [-0.2, 0) is 0 Å². The molecule has 1 aliphatic heterocycles. The number of hydrogen-bond acceptors (Lipinski definition) is 1. The summed E-state index contributed by atoms with van der Waals surface area (Å²) in [4.78, 5) is 0. The topological polar surface area (TPSA) is 12.0 Å². The molecule has 0 saturated carbocycles. The third-order valence-corrected chi connectivity index (χ3v) is 3.37. The van der Waals surface area contributed by atoms with Gasteiger partial charge in [0.05, 0.1) is 0 Å². The number of nitrogens with one attached hydrogen (secondary N) is 1. The molecule has 0 spiro atoms. The maximum atomic E-state index is 6.11. The van der Waals surface area contributed by atoms with Gasteiger partial charge in [-0.1, -0.05) is 23.7 Å². The highest BCUT2D eigenvalue weighted by Crippen LogP contribution is 2.26. The minimum absolute atomic E-state index is 0.654. The number of rotatable bonds is 1. The molecule has 1 saturated heterocycles. The summed E-state index contributed by atoms with van der Waals surface area (Å²) in [6.07, 6.45) is 2.56. The minimum Gasteiger partial charge on any atom is -0.316 e. The summed E-state index contributed by atoms with van der Waals surface area (Å²) in [5, 5.41) is 4.32. The molecule has 1 aliphatic rings. The third-order valence-electron chi connectivity index (χ3n) is 2.96. The Morgan fingerprint density at radius 3 is 2.93 bits per heavy atom. The van der Waals surface area contributed by atoms with E-state index in [9.17, 15) is 0 Å². The highest BCUT2D eigenvalue weighted by atomic mass is 35.5. The summed E-state index contributed by atoms with van der Waals surface area (Å²) < 4.78 is 0. The van der Waals surface area contributed by atoms with Crippen molar-refractivity contribution >= 4 is 11.6 Å². The first-order valence-corrected chi connectivity index (χ1v) is 5.62. The summed E-state index contributed by atoms with van der Waals surface area (Å²) in [7, 11) is 0. The van der Waals surface area contributed by atoms with Crippen LogP contribution < -0.4 is 5.32 Å². The van der Waals surface area contributed by atoms with Gasteiger partial charge in [0.15, 0.2) is 0 Å². The van der Waals surface area contributed by atoms with Crippen molar-refractivity contribution in [3.05, 3.63) is 34.3 Å². The van der Waals surface area contributed by atoms with Crippen LogP contribution in [0.4, 0.5) is 0 Å². The average Bonchev–Trinajstić information content (AvgIpc) is 2.23. The van der Waals surface area contributed by atoms with Crippen molar-refractivity contribution in [2.24, 2.45) is 0 Å². The highest BCUT2D eigenvalue weighted by Gasteiger charge is 2.15. The van der Waals surface area contributed by atoms with Gasteiger partial charge >= 0.3 is 0 Å². The van der Waals surface area contributed by atoms with E-state index in [-0.39, 0.29) is 0 Å². The largest absolute Gasteiger partial charge is 0.316 e. The molecule has 1 aromatic rings. The maximum Gasteiger partial charge on any atom is 0.0438 e. The molecule has 1 aromatic carbocycles. The van der Waals surface area contributed by atoms with Gasteiger partial charge in [-0.15, -0.1) is 0 Å². The van der Waals surface area contributed by atoms with Crippen molar-refractivity contribution in [2.75, 3.05) is 13.1 Å². The SMILES string of the molecule is Cc1ccc([C@H]2CCCNC2)cc1Cl. The maximum absolute atomic E-state index is 6.11. The van der Waals surface area contributed by atoms with E-state index in [1.165, 1.54) is 24.0 Å². The lowest BCUT2D eigenvalue weighted by atomic mass is 9.91. The first-order valence-electron chi connectivity index (χ1n) is 5.24. The van der Waals surface area contributed by atoms with Gasteiger partial charge < -0.3 is 5.32 Å². The normalized spacial score (nSPS) is 22.3. The van der Waals surface area contributed by atoms with Crippen LogP contribution in [0.25, 0.3) is 0 Å². The van der Waals surface area contributed by atoms with E-state index in [1.54, 1.807) is 0 Å². The van der Waals surface area contributed by atoms with Crippen LogP contribution in [0.1, 0.15) is 29.9 Å². The standard InChI is InChI=1S/C12H16ClN/c1-9-4-5-10(7-12(9)13)11-3-2-6-14-8-11/h4-5,7,11,14H,2-3,6,8H2,1H3/t11-/m0/s1. The zero-order valence-corrected chi connectivity index (χ0v) is 9.27. The Morgan fingerprint density at radius 1 is 1.43 bits per heavy atom. The summed E-state index contributed by atoms with van der Waals surface area (Å²) in [6.45, 7) is 4.31. The van der Waals surface area contributed by atoms with E-state index in [4.69, 9.17) is 11.6 Å². The van der Waals surface area contributed by atoms with Crippen molar-refractivity contribution in [2.45, 2.75) is 25.7 Å². The third kappa shape index (κ3) is 2.10. The van der Waals surface area contributed by atoms with Crippen molar-refractivity contribution in [3.8, 4) is 0 Å². The van der Waals surface area contributed by atoms with Gasteiger partial charge in [-0.05, 0) is 49.4 Å². The predicted molar refractivity (Wildman–Crippen MR) is 61.0 cm³/mol. The van der Waals surface area contributed by atoms with E-state index in [1.807, 2.05) is 6.92 Å². The Labute approximate surface area is 90.5 Å². The number of hydrogen-bond donors (Lipinski definition) is 1. The molecule has 0 unspecified atom stereocenters. The molecule has 0 aliphatic carbocycles. The van der Waals surface area contributed by atoms with E-state index >= 15 is 0 Å². The Balaban J connectivity index is 2.18. The van der Waals surface area contributed by atoms with Gasteiger partial charge in [0.25, 0.3) is 0 Å². The van der Waals surface area contributed by atoms with E-state index in [0.29, 0.717) is 5.92 Å². The van der Waals surface area contributed by atoms with Crippen LogP contribution in [-0.4, -0.2) is 13.1 Å². The molecule has 0 radical (unpaired) electrons. The van der Waals surface area contributed by atoms with Gasteiger partial charge in [0.2, 0.25) is 0 Å². The van der Waals surface area contributed by atoms with Gasteiger partial charge in [-0.3, -0.25) is 0 Å². The number of piperidine rings is 1. The van der Waals surface area contributed by atoms with Crippen LogP contribution in [0.5, 0.6) is 0 Å². The van der Waals surface area contributed by atoms with Crippen LogP contribution >= 0.6 is 11.6 Å². The van der Waals surface area contributed by atoms with E-state index in [0.717, 1.165) is 18.1 Å². The van der Waals surface area contributed by atoms with Crippen LogP contribution in [0, 0.1) is 6.92 Å². The molecule has 1 atom stereocenters. The van der Waals surface area contributed by atoms with E-state index < -0.39 is 0 Å². The molecule has 1 fully saturated rings. The first kappa shape index (κ1) is 10.0. The van der Waals surface area contributed by atoms with Crippen molar-refractivity contribution in [1.29, 1.82) is 0 Å². The molecule has 1 heterocycles. The predicted octanol–water partition coefficient (Wildman–Crippen LogP) is 3.12. The van der Waals surface area contributed by atoms with Crippen LogP contribution in [0.2, 0.25) is 5.02 Å². The minimum atomic E-state index is 0.654. The summed E-state index contributed by atoms with van der Waals surface area (Å²) in [5.41, 5.74) is 2.55. The highest BCUT2D eigenvalue weighted by molar-refractivity contribution is 6.31. The summed E-state index contributed by atoms with van der Waals surface area (Å²) in [5.74, 6) is 0.654. The Morgan fingerprint density at radius 2 is 2.29 bits per heavy atom. The van der Waals surface area contributed by atoms with Crippen molar-refractivity contribution in [3.63, 3.8) is 0 Å². The zero-order valence-electron chi connectivity index (χ0n) is 8.52.